The number of hydrogen-bond acceptors (Lipinski definition) is 0. The lowest BCUT2D eigenvalue weighted by molar-refractivity contribution is 0.661. The summed E-state index contributed by atoms with van der Waals surface area (Å²) in [5.41, 5.74) is 39.9. The van der Waals surface area contributed by atoms with E-state index in [0.717, 1.165) is 0 Å². The lowest BCUT2D eigenvalue weighted by Gasteiger charge is -2.23. The zero-order valence-electron chi connectivity index (χ0n) is 84.9. The van der Waals surface area contributed by atoms with Crippen LogP contribution in [0.5, 0.6) is 0 Å². The molecule has 3 aliphatic rings. The predicted octanol–water partition coefficient (Wildman–Crippen LogP) is 41.2. The summed E-state index contributed by atoms with van der Waals surface area (Å²) in [7, 11) is 0. The molecule has 147 heavy (non-hydrogen) atoms. The molecule has 0 unspecified atom stereocenters. The summed E-state index contributed by atoms with van der Waals surface area (Å²) >= 11 is 0. The van der Waals surface area contributed by atoms with Gasteiger partial charge in [-0.3, -0.25) is 0 Å². The second-order valence-electron chi connectivity index (χ2n) is 44.1. The van der Waals surface area contributed by atoms with Gasteiger partial charge in [0, 0.05) is 16.2 Å². The van der Waals surface area contributed by atoms with Crippen molar-refractivity contribution in [3.63, 3.8) is 0 Å². The Labute approximate surface area is 856 Å². The van der Waals surface area contributed by atoms with Gasteiger partial charge in [-0.05, 0) is 472 Å². The highest BCUT2D eigenvalue weighted by atomic mass is 14.4. The Morgan fingerprint density at radius 3 is 0.816 bits per heavy atom. The summed E-state index contributed by atoms with van der Waals surface area (Å²) in [6.07, 6.45) is 0. The van der Waals surface area contributed by atoms with Crippen molar-refractivity contribution in [3.05, 3.63) is 491 Å². The minimum atomic E-state index is -0.146. The average Bonchev–Trinajstić information content (AvgIpc) is 1.59. The lowest BCUT2D eigenvalue weighted by atomic mass is 9.80. The molecule has 0 amide bonds. The molecule has 28 aromatic carbocycles. The van der Waals surface area contributed by atoms with E-state index in [0.29, 0.717) is 0 Å². The van der Waals surface area contributed by atoms with Crippen molar-refractivity contribution < 1.29 is 0 Å². The fraction of sp³-hybridized carbons (Fsp3) is 0.102. The monoisotopic (exact) mass is 1870 g/mol. The van der Waals surface area contributed by atoms with Crippen LogP contribution in [0.1, 0.15) is 108 Å². The Balaban J connectivity index is 0.000000105. The first-order valence-electron chi connectivity index (χ1n) is 52.4. The highest BCUT2D eigenvalue weighted by Crippen LogP contribution is 2.58. The molecule has 0 heterocycles. The standard InChI is InChI=1S/C57H38.2C45H34/c1-31-41-22-20-38(42-23-18-37-17-15-33-8-5-9-35-19-25-45(42)56(37)53(33)35)26-46(41)32(2)48-30-52-50(29-47(31)48)43-24-21-39(28-51(43)57(52,3)4)49-27-40-12-6-10-34-14-16-36-11-7-13-44(49)55(36)54(34)40;1-27-33-21-19-31(36-17-9-13-29-11-5-7-15-34(29)36)23-39(33)28(2)41-26-44-42(25-40(27)41)38-22-20-32(24-43(38)45(44,3)4)37-18-10-14-30-12-6-8-16-35(30)37;1-27-37-19-17-35(33-15-13-29-9-5-7-11-31(29)21-33)23-39(37)28(2)41-26-44-42(25-40(27)41)38-20-18-36(24-43(38)45(44,3)4)34-16-14-30-10-6-8-12-32(30)22-34/h5-30H,1-4H3;2*5-26H,1-4H3. The van der Waals surface area contributed by atoms with Crippen LogP contribution in [0.15, 0.2) is 425 Å². The molecule has 0 nitrogen and oxygen atoms in total. The number of fused-ring (bicyclic) bond motifs is 19. The highest BCUT2D eigenvalue weighted by molar-refractivity contribution is 6.28. The van der Waals surface area contributed by atoms with Crippen LogP contribution >= 0.6 is 0 Å². The maximum Gasteiger partial charge on any atom is 0.0159 e. The quantitative estimate of drug-likeness (QED) is 0.115. The van der Waals surface area contributed by atoms with E-state index in [1.165, 1.54) is 339 Å². The molecule has 694 valence electrons. The molecule has 0 saturated heterocycles. The van der Waals surface area contributed by atoms with Crippen molar-refractivity contribution in [2.45, 2.75) is 99.3 Å². The maximum atomic E-state index is 2.53. The fourth-order valence-corrected chi connectivity index (χ4v) is 27.3. The summed E-state index contributed by atoms with van der Waals surface area (Å²) < 4.78 is 0. The van der Waals surface area contributed by atoms with Gasteiger partial charge in [0.25, 0.3) is 0 Å². The molecule has 0 bridgehead atoms. The van der Waals surface area contributed by atoms with Crippen LogP contribution in [0.2, 0.25) is 0 Å². The van der Waals surface area contributed by atoms with Crippen molar-refractivity contribution in [2.24, 2.45) is 0 Å². The van der Waals surface area contributed by atoms with E-state index in [2.05, 4.69) is 508 Å². The minimum Gasteiger partial charge on any atom is -0.0616 e. The van der Waals surface area contributed by atoms with E-state index in [-0.39, 0.29) is 16.2 Å². The average molecular weight is 1870 g/mol. The normalized spacial score (nSPS) is 13.6. The van der Waals surface area contributed by atoms with Gasteiger partial charge in [0.2, 0.25) is 0 Å². The van der Waals surface area contributed by atoms with Gasteiger partial charge in [0.1, 0.15) is 0 Å². The zero-order valence-corrected chi connectivity index (χ0v) is 84.9. The number of rotatable bonds is 6. The smallest absolute Gasteiger partial charge is 0.0159 e. The van der Waals surface area contributed by atoms with Crippen molar-refractivity contribution in [2.75, 3.05) is 0 Å². The van der Waals surface area contributed by atoms with Gasteiger partial charge in [-0.15, -0.1) is 0 Å². The van der Waals surface area contributed by atoms with Crippen LogP contribution in [-0.2, 0) is 16.2 Å². The van der Waals surface area contributed by atoms with E-state index >= 15 is 0 Å². The van der Waals surface area contributed by atoms with Gasteiger partial charge in [-0.1, -0.05) is 375 Å². The summed E-state index contributed by atoms with van der Waals surface area (Å²) in [6, 6.07) is 160. The molecule has 0 aliphatic heterocycles. The van der Waals surface area contributed by atoms with Crippen LogP contribution < -0.4 is 0 Å². The van der Waals surface area contributed by atoms with Crippen molar-refractivity contribution in [3.8, 4) is 100 Å². The SMILES string of the molecule is Cc1c2ccc(-c3ccc4ccc5cccc6ccc3c4c56)cc2c(C)c2cc3c(cc12)-c1ccc(-c2cc4cccc5ccc6cccc2c6c54)cc1C3(C)C.Cc1c2ccc(-c3ccc4ccccc4c3)cc2c(C)c2cc3c(cc12)-c1ccc(-c2ccc4ccccc4c2)cc1C3(C)C.Cc1c2ccc(-c3cccc4ccccc34)cc2c(C)c2cc3c(cc12)-c1ccc(-c2cccc4ccccc24)cc1C3(C)C. The van der Waals surface area contributed by atoms with Gasteiger partial charge < -0.3 is 0 Å². The number of benzene rings is 28. The highest BCUT2D eigenvalue weighted by Gasteiger charge is 2.41. The topological polar surface area (TPSA) is 0 Å². The molecule has 31 rings (SSSR count). The Morgan fingerprint density at radius 2 is 0.354 bits per heavy atom. The minimum absolute atomic E-state index is 0.0893. The first-order valence-corrected chi connectivity index (χ1v) is 52.4. The molecule has 0 fully saturated rings. The summed E-state index contributed by atoms with van der Waals surface area (Å²) in [6.45, 7) is 28.3. The molecule has 3 aliphatic carbocycles. The molecule has 0 heteroatoms. The van der Waals surface area contributed by atoms with E-state index in [1.807, 2.05) is 0 Å². The van der Waals surface area contributed by atoms with Crippen LogP contribution in [0.25, 0.3) is 273 Å². The summed E-state index contributed by atoms with van der Waals surface area (Å²) in [5.74, 6) is 0. The summed E-state index contributed by atoms with van der Waals surface area (Å²) in [5, 5.41) is 42.5. The largest absolute Gasteiger partial charge is 0.0616 e. The number of hydrogen-bond donors (Lipinski definition) is 0. The molecular formula is C147H106. The molecule has 0 radical (unpaired) electrons. The zero-order chi connectivity index (χ0) is 98.8. The first-order chi connectivity index (χ1) is 71.6. The van der Waals surface area contributed by atoms with Crippen LogP contribution in [0.4, 0.5) is 0 Å². The third kappa shape index (κ3) is 12.9. The van der Waals surface area contributed by atoms with Gasteiger partial charge in [0.05, 0.1) is 0 Å². The molecule has 0 atom stereocenters. The van der Waals surface area contributed by atoms with E-state index in [9.17, 15) is 0 Å². The Bertz CT molecular complexity index is 10600. The van der Waals surface area contributed by atoms with Crippen molar-refractivity contribution in [1.82, 2.24) is 0 Å². The molecule has 0 saturated carbocycles. The molecule has 0 aromatic heterocycles. The van der Waals surface area contributed by atoms with Crippen molar-refractivity contribution in [1.29, 1.82) is 0 Å². The van der Waals surface area contributed by atoms with E-state index in [4.69, 9.17) is 0 Å². The van der Waals surface area contributed by atoms with E-state index < -0.39 is 0 Å². The Kier molecular flexibility index (Phi) is 18.8. The second kappa shape index (κ2) is 31.9. The third-order valence-electron chi connectivity index (χ3n) is 35.4. The van der Waals surface area contributed by atoms with Crippen LogP contribution in [-0.4, -0.2) is 0 Å². The van der Waals surface area contributed by atoms with Gasteiger partial charge in [0.15, 0.2) is 0 Å². The van der Waals surface area contributed by atoms with Gasteiger partial charge in [-0.25, -0.2) is 0 Å². The van der Waals surface area contributed by atoms with Gasteiger partial charge >= 0.3 is 0 Å². The van der Waals surface area contributed by atoms with Crippen LogP contribution in [0.3, 0.4) is 0 Å². The molecule has 0 N–H and O–H groups in total. The predicted molar refractivity (Wildman–Crippen MR) is 636 cm³/mol. The Morgan fingerprint density at radius 1 is 0.116 bits per heavy atom. The fourth-order valence-electron chi connectivity index (χ4n) is 27.3. The first kappa shape index (κ1) is 86.5. The lowest BCUT2D eigenvalue weighted by Crippen LogP contribution is -2.15. The number of aryl methyl sites for hydroxylation is 6. The van der Waals surface area contributed by atoms with Crippen molar-refractivity contribution >= 4 is 172 Å². The maximum absolute atomic E-state index is 2.53. The molecule has 0 spiro atoms. The van der Waals surface area contributed by atoms with Gasteiger partial charge in [-0.2, -0.15) is 0 Å². The summed E-state index contributed by atoms with van der Waals surface area (Å²) in [4.78, 5) is 0. The third-order valence-corrected chi connectivity index (χ3v) is 35.4. The molecule has 28 aromatic rings. The molecular weight excluding hydrogens is 1770 g/mol. The Hall–Kier alpha value is -17.2. The van der Waals surface area contributed by atoms with Crippen LogP contribution in [0, 0.1) is 41.5 Å². The second-order valence-corrected chi connectivity index (χ2v) is 44.1. The van der Waals surface area contributed by atoms with E-state index in [1.54, 1.807) is 0 Å².